The average molecular weight is 931 g/mol. The van der Waals surface area contributed by atoms with Crippen molar-refractivity contribution in [3.05, 3.63) is 0 Å². The van der Waals surface area contributed by atoms with Gasteiger partial charge in [-0.05, 0) is 62.2 Å². The minimum Gasteiger partial charge on any atom is -0.394 e. The number of ether oxygens (including phenoxy) is 4. The van der Waals surface area contributed by atoms with Gasteiger partial charge in [0.05, 0.1) is 75.8 Å². The molecule has 0 spiro atoms. The Labute approximate surface area is 379 Å². The Hall–Kier alpha value is -1.70. The standard InChI is InChI=1S/2C22H43NO9/c1-12(2)5-7-14(25)9-18(27)23-15(16(26)8-6-13(3)4)11-31-22-21(30)20(29)19(28)17(10-24)32-22;1-5-12(3)7-14(25)9-18(27)23-15(16(26)8-13(4)6-2)11-31-22-21(30)20(29)19(28)17(10-24)32-22/h2*12-17,19-22,24-26,28-30H,5-11H2,1-4H3,(H,23,27)/t14-,15+,16-,17?,19+,20+,21?,22+;12?,13?,14-,15+,16-,17?,19+,20+,21?,22+/m11/s1. The second kappa shape index (κ2) is 31.4. The number of aliphatic hydroxyl groups excluding tert-OH is 12. The summed E-state index contributed by atoms with van der Waals surface area (Å²) in [5, 5.41) is 125. The number of hydrogen-bond acceptors (Lipinski definition) is 18. The van der Waals surface area contributed by atoms with Crippen molar-refractivity contribution in [3.63, 3.8) is 0 Å². The van der Waals surface area contributed by atoms with Crippen LogP contribution in [0.3, 0.4) is 0 Å². The fourth-order valence-electron chi connectivity index (χ4n) is 7.06. The van der Waals surface area contributed by atoms with E-state index in [0.29, 0.717) is 43.9 Å². The quantitative estimate of drug-likeness (QED) is 0.0427. The van der Waals surface area contributed by atoms with Crippen LogP contribution in [0.5, 0.6) is 0 Å². The van der Waals surface area contributed by atoms with Crippen molar-refractivity contribution in [1.29, 1.82) is 0 Å². The molecule has 2 aliphatic rings. The Balaban J connectivity index is 0.000000640. The average Bonchev–Trinajstić information content (AvgIpc) is 3.24. The van der Waals surface area contributed by atoms with Crippen LogP contribution in [0.15, 0.2) is 0 Å². The van der Waals surface area contributed by atoms with E-state index in [9.17, 15) is 70.9 Å². The fourth-order valence-corrected chi connectivity index (χ4v) is 7.06. The topological polar surface area (TPSA) is 338 Å². The van der Waals surface area contributed by atoms with Gasteiger partial charge in [0.2, 0.25) is 11.8 Å². The van der Waals surface area contributed by atoms with Gasteiger partial charge in [0.15, 0.2) is 12.6 Å². The summed E-state index contributed by atoms with van der Waals surface area (Å²) in [6.07, 6.45) is -13.0. The number of nitrogens with one attached hydrogen (secondary N) is 2. The molecule has 20 heteroatoms. The first kappa shape index (κ1) is 60.3. The highest BCUT2D eigenvalue weighted by Crippen LogP contribution is 2.25. The summed E-state index contributed by atoms with van der Waals surface area (Å²) >= 11 is 0. The molecule has 2 aliphatic heterocycles. The zero-order valence-corrected chi connectivity index (χ0v) is 39.3. The molecule has 0 aliphatic carbocycles. The molecule has 380 valence electrons. The van der Waals surface area contributed by atoms with Gasteiger partial charge in [-0.25, -0.2) is 0 Å². The fraction of sp³-hybridized carbons (Fsp3) is 0.955. The molecule has 2 heterocycles. The minimum absolute atomic E-state index is 0.111. The molecule has 6 unspecified atom stereocenters. The second-order valence-corrected chi connectivity index (χ2v) is 18.7. The maximum atomic E-state index is 12.5. The van der Waals surface area contributed by atoms with E-state index in [1.807, 2.05) is 55.4 Å². The maximum absolute atomic E-state index is 12.5. The third-order valence-corrected chi connectivity index (χ3v) is 11.9. The van der Waals surface area contributed by atoms with Crippen LogP contribution in [-0.2, 0) is 28.5 Å². The van der Waals surface area contributed by atoms with Crippen molar-refractivity contribution in [3.8, 4) is 0 Å². The predicted octanol–water partition coefficient (Wildman–Crippen LogP) is -1.46. The van der Waals surface area contributed by atoms with Gasteiger partial charge in [0, 0.05) is 0 Å². The van der Waals surface area contributed by atoms with Gasteiger partial charge in [-0.3, -0.25) is 9.59 Å². The molecular weight excluding hydrogens is 844 g/mol. The van der Waals surface area contributed by atoms with E-state index in [4.69, 9.17) is 18.9 Å². The maximum Gasteiger partial charge on any atom is 0.222 e. The minimum atomic E-state index is -1.58. The zero-order valence-electron chi connectivity index (χ0n) is 39.3. The van der Waals surface area contributed by atoms with E-state index in [1.54, 1.807) is 0 Å². The van der Waals surface area contributed by atoms with E-state index < -0.39 is 123 Å². The summed E-state index contributed by atoms with van der Waals surface area (Å²) in [6.45, 7) is 14.4. The normalized spacial score (nSPS) is 30.0. The number of amides is 2. The molecule has 2 saturated heterocycles. The van der Waals surface area contributed by atoms with Crippen LogP contribution < -0.4 is 10.6 Å². The first-order valence-corrected chi connectivity index (χ1v) is 23.1. The molecule has 0 aromatic rings. The summed E-state index contributed by atoms with van der Waals surface area (Å²) in [5.74, 6) is 0.334. The molecule has 0 saturated carbocycles. The molecule has 18 atom stereocenters. The van der Waals surface area contributed by atoms with Crippen LogP contribution >= 0.6 is 0 Å². The zero-order chi connectivity index (χ0) is 48.8. The molecule has 0 aromatic carbocycles. The lowest BCUT2D eigenvalue weighted by Crippen LogP contribution is -2.60. The summed E-state index contributed by atoms with van der Waals surface area (Å²) < 4.78 is 21.7. The lowest BCUT2D eigenvalue weighted by atomic mass is 9.96. The lowest BCUT2D eigenvalue weighted by Gasteiger charge is -2.40. The summed E-state index contributed by atoms with van der Waals surface area (Å²) in [7, 11) is 0. The Morgan fingerprint density at radius 3 is 1.33 bits per heavy atom. The number of carbonyl (C=O) groups is 2. The van der Waals surface area contributed by atoms with E-state index in [-0.39, 0.29) is 37.9 Å². The summed E-state index contributed by atoms with van der Waals surface area (Å²) in [6, 6.07) is -1.69. The van der Waals surface area contributed by atoms with Gasteiger partial charge in [0.1, 0.15) is 48.8 Å². The summed E-state index contributed by atoms with van der Waals surface area (Å²) in [5.41, 5.74) is 0. The Morgan fingerprint density at radius 1 is 0.531 bits per heavy atom. The van der Waals surface area contributed by atoms with E-state index in [0.717, 1.165) is 19.3 Å². The van der Waals surface area contributed by atoms with E-state index in [2.05, 4.69) is 10.6 Å². The molecule has 14 N–H and O–H groups in total. The van der Waals surface area contributed by atoms with Gasteiger partial charge in [-0.15, -0.1) is 0 Å². The van der Waals surface area contributed by atoms with Crippen LogP contribution in [0.25, 0.3) is 0 Å². The molecular formula is C44H86N2O18. The van der Waals surface area contributed by atoms with Gasteiger partial charge in [-0.2, -0.15) is 0 Å². The highest BCUT2D eigenvalue weighted by atomic mass is 16.7. The van der Waals surface area contributed by atoms with Crippen molar-refractivity contribution < 1.29 is 89.8 Å². The molecule has 0 bridgehead atoms. The Morgan fingerprint density at radius 2 is 0.922 bits per heavy atom. The SMILES string of the molecule is CC(C)CC[C@@H](O)CC(=O)N[C@@H](CO[C@H]1OC(CO)[C@H](O)[C@H](O)C1O)[C@H](O)CCC(C)C.CCC(C)C[C@@H](O)CC(=O)N[C@@H](CO[C@H]1OC(CO)[C@H](O)[C@H](O)C1O)[C@H](O)CC(C)CC. The number of aliphatic hydroxyl groups is 12. The largest absolute Gasteiger partial charge is 0.394 e. The molecule has 0 aromatic heterocycles. The van der Waals surface area contributed by atoms with Crippen molar-refractivity contribution >= 4 is 11.8 Å². The highest BCUT2D eigenvalue weighted by Gasteiger charge is 2.46. The van der Waals surface area contributed by atoms with Crippen molar-refractivity contribution in [2.24, 2.45) is 23.7 Å². The molecule has 0 radical (unpaired) electrons. The van der Waals surface area contributed by atoms with Crippen LogP contribution in [-0.4, -0.2) is 197 Å². The highest BCUT2D eigenvalue weighted by molar-refractivity contribution is 5.77. The lowest BCUT2D eigenvalue weighted by molar-refractivity contribution is -0.302. The Kier molecular flexibility index (Phi) is 29.6. The van der Waals surface area contributed by atoms with E-state index in [1.165, 1.54) is 0 Å². The van der Waals surface area contributed by atoms with Gasteiger partial charge in [-0.1, -0.05) is 68.2 Å². The molecule has 64 heavy (non-hydrogen) atoms. The van der Waals surface area contributed by atoms with Crippen molar-refractivity contribution in [2.75, 3.05) is 26.4 Å². The monoisotopic (exact) mass is 931 g/mol. The van der Waals surface area contributed by atoms with Crippen molar-refractivity contribution in [2.45, 2.75) is 218 Å². The van der Waals surface area contributed by atoms with Gasteiger partial charge >= 0.3 is 0 Å². The van der Waals surface area contributed by atoms with Crippen molar-refractivity contribution in [1.82, 2.24) is 10.6 Å². The number of rotatable bonds is 28. The smallest absolute Gasteiger partial charge is 0.222 e. The van der Waals surface area contributed by atoms with Crippen LogP contribution in [0.2, 0.25) is 0 Å². The van der Waals surface area contributed by atoms with Crippen LogP contribution in [0, 0.1) is 23.7 Å². The first-order chi connectivity index (χ1) is 30.0. The Bertz CT molecular complexity index is 1250. The second-order valence-electron chi connectivity index (χ2n) is 18.7. The van der Waals surface area contributed by atoms with Gasteiger partial charge in [0.25, 0.3) is 0 Å². The van der Waals surface area contributed by atoms with Gasteiger partial charge < -0.3 is 90.9 Å². The molecule has 2 fully saturated rings. The van der Waals surface area contributed by atoms with Crippen LogP contribution in [0.4, 0.5) is 0 Å². The summed E-state index contributed by atoms with van der Waals surface area (Å²) in [4.78, 5) is 24.9. The third-order valence-electron chi connectivity index (χ3n) is 11.9. The third kappa shape index (κ3) is 21.9. The number of carbonyl (C=O) groups excluding carboxylic acids is 2. The molecule has 2 amide bonds. The molecule has 2 rings (SSSR count). The van der Waals surface area contributed by atoms with Crippen LogP contribution in [0.1, 0.15) is 120 Å². The molecule has 20 nitrogen and oxygen atoms in total. The predicted molar refractivity (Wildman–Crippen MR) is 233 cm³/mol. The number of hydrogen-bond donors (Lipinski definition) is 14. The van der Waals surface area contributed by atoms with E-state index >= 15 is 0 Å². The first-order valence-electron chi connectivity index (χ1n) is 23.1.